The van der Waals surface area contributed by atoms with Crippen molar-refractivity contribution in [2.75, 3.05) is 12.8 Å². The molecule has 3 heterocycles. The highest BCUT2D eigenvalue weighted by molar-refractivity contribution is 6.38. The monoisotopic (exact) mass is 596 g/mol. The van der Waals surface area contributed by atoms with Crippen molar-refractivity contribution in [3.8, 4) is 22.4 Å². The maximum absolute atomic E-state index is 13.4. The number of aromatic nitrogens is 4. The van der Waals surface area contributed by atoms with E-state index in [1.807, 2.05) is 19.1 Å². The molecule has 1 amide bonds. The Morgan fingerprint density at radius 3 is 2.41 bits per heavy atom. The van der Waals surface area contributed by atoms with Crippen LogP contribution in [0.5, 0.6) is 0 Å². The van der Waals surface area contributed by atoms with Crippen LogP contribution in [0, 0.1) is 5.82 Å². The summed E-state index contributed by atoms with van der Waals surface area (Å²) in [7, 11) is 1.77. The highest BCUT2D eigenvalue weighted by Gasteiger charge is 2.28. The van der Waals surface area contributed by atoms with Crippen LogP contribution in [0.2, 0.25) is 0 Å². The van der Waals surface area contributed by atoms with Gasteiger partial charge in [-0.15, -0.1) is 0 Å². The number of nitrogen functional groups attached to an aromatic ring is 1. The lowest BCUT2D eigenvalue weighted by molar-refractivity contribution is -0.124. The maximum Gasteiger partial charge on any atom is 0.289 e. The molecular weight excluding hydrogens is 555 g/mol. The number of nitrogens with one attached hydrogen (secondary N) is 1. The minimum atomic E-state index is -0.291. The molecule has 2 atom stereocenters. The number of nitrogens with two attached hydrogens (primary N) is 1. The van der Waals surface area contributed by atoms with Gasteiger partial charge < -0.3 is 16.0 Å². The predicted molar refractivity (Wildman–Crippen MR) is 176 cm³/mol. The Morgan fingerprint density at radius 1 is 1.16 bits per heavy atom. The number of anilines is 1. The number of hydrogen-bond donors (Lipinski definition) is 2. The molecule has 0 saturated carbocycles. The normalized spacial score (nSPS) is 13.1. The van der Waals surface area contributed by atoms with E-state index in [1.54, 1.807) is 47.9 Å². The fourth-order valence-electron chi connectivity index (χ4n) is 5.34. The summed E-state index contributed by atoms with van der Waals surface area (Å²) in [6.07, 6.45) is 6.32. The Kier molecular flexibility index (Phi) is 9.93. The molecule has 4 aromatic rings. The SMILES string of the molecule is C=C/N=C(\NC(=C)C)C(=O)N(C)C(C)C[C@H](CC)c1nc2c(-c3ccc(-c4ccc(F)cc4)nc3)cnn2c(N)c1C(C)C. The van der Waals surface area contributed by atoms with Gasteiger partial charge in [0, 0.05) is 59.4 Å². The minimum absolute atomic E-state index is 0.0144. The van der Waals surface area contributed by atoms with Crippen LogP contribution in [-0.2, 0) is 4.79 Å². The zero-order valence-corrected chi connectivity index (χ0v) is 26.3. The second-order valence-corrected chi connectivity index (χ2v) is 11.4. The van der Waals surface area contributed by atoms with E-state index in [9.17, 15) is 9.18 Å². The quantitative estimate of drug-likeness (QED) is 0.156. The zero-order chi connectivity index (χ0) is 32.1. The molecule has 0 aliphatic rings. The Balaban J connectivity index is 1.70. The number of pyridine rings is 1. The van der Waals surface area contributed by atoms with Gasteiger partial charge in [0.15, 0.2) is 11.5 Å². The van der Waals surface area contributed by atoms with Crippen molar-refractivity contribution in [1.82, 2.24) is 29.8 Å². The second-order valence-electron chi connectivity index (χ2n) is 11.4. The summed E-state index contributed by atoms with van der Waals surface area (Å²) in [6, 6.07) is 9.96. The number of carbonyl (C=O) groups is 1. The molecule has 0 aliphatic heterocycles. The van der Waals surface area contributed by atoms with Crippen LogP contribution >= 0.6 is 0 Å². The van der Waals surface area contributed by atoms with Crippen LogP contribution in [-0.4, -0.2) is 49.3 Å². The van der Waals surface area contributed by atoms with Crippen LogP contribution in [0.4, 0.5) is 10.2 Å². The fourth-order valence-corrected chi connectivity index (χ4v) is 5.34. The minimum Gasteiger partial charge on any atom is -0.383 e. The summed E-state index contributed by atoms with van der Waals surface area (Å²) in [5.41, 5.74) is 13.1. The largest absolute Gasteiger partial charge is 0.383 e. The van der Waals surface area contributed by atoms with Gasteiger partial charge in [0.25, 0.3) is 5.91 Å². The molecule has 0 aliphatic carbocycles. The summed E-state index contributed by atoms with van der Waals surface area (Å²) in [5, 5.41) is 7.53. The van der Waals surface area contributed by atoms with Gasteiger partial charge >= 0.3 is 0 Å². The lowest BCUT2D eigenvalue weighted by Gasteiger charge is -2.30. The van der Waals surface area contributed by atoms with Crippen LogP contribution in [0.15, 0.2) is 78.8 Å². The predicted octanol–water partition coefficient (Wildman–Crippen LogP) is 6.70. The van der Waals surface area contributed by atoms with Gasteiger partial charge in [-0.2, -0.15) is 9.61 Å². The number of amides is 1. The van der Waals surface area contributed by atoms with Crippen LogP contribution in [0.3, 0.4) is 0 Å². The molecule has 0 bridgehead atoms. The molecule has 3 aromatic heterocycles. The molecule has 0 fully saturated rings. The number of hydrogen-bond acceptors (Lipinski definition) is 6. The number of carbonyl (C=O) groups excluding carboxylic acids is 1. The number of halogens is 1. The van der Waals surface area contributed by atoms with Gasteiger partial charge in [-0.1, -0.05) is 40.0 Å². The number of fused-ring (bicyclic) bond motifs is 1. The first-order chi connectivity index (χ1) is 21.0. The van der Waals surface area contributed by atoms with E-state index >= 15 is 0 Å². The number of rotatable bonds is 10. The summed E-state index contributed by atoms with van der Waals surface area (Å²) in [4.78, 5) is 28.9. The third-order valence-electron chi connectivity index (χ3n) is 7.78. The van der Waals surface area contributed by atoms with Crippen LogP contribution < -0.4 is 11.1 Å². The van der Waals surface area contributed by atoms with Gasteiger partial charge in [-0.25, -0.2) is 14.4 Å². The summed E-state index contributed by atoms with van der Waals surface area (Å²) >= 11 is 0. The standard InChI is InChI=1S/C34H41FN8O/c1-9-23(17-22(7)42(8)34(44)32(37-10-2)40-21(5)6)30-29(20(3)4)31(36)43-33(41-30)27(19-39-43)25-13-16-28(38-18-25)24-11-14-26(35)15-12-24/h10-16,18-20,22-23H,2,5,9,17,36H2,1,3-4,6-8H3,(H,37,40)/t22?,23-/m0/s1. The molecule has 44 heavy (non-hydrogen) atoms. The van der Waals surface area contributed by atoms with E-state index in [1.165, 1.54) is 18.3 Å². The van der Waals surface area contributed by atoms with Gasteiger partial charge in [0.05, 0.1) is 17.6 Å². The first-order valence-corrected chi connectivity index (χ1v) is 14.7. The lowest BCUT2D eigenvalue weighted by atomic mass is 9.87. The van der Waals surface area contributed by atoms with Gasteiger partial charge in [-0.3, -0.25) is 9.78 Å². The van der Waals surface area contributed by atoms with Crippen molar-refractivity contribution in [2.24, 2.45) is 4.99 Å². The highest BCUT2D eigenvalue weighted by Crippen LogP contribution is 2.37. The Labute approximate surface area is 258 Å². The fraction of sp³-hybridized carbons (Fsp3) is 0.324. The molecule has 230 valence electrons. The average Bonchev–Trinajstić information content (AvgIpc) is 3.43. The number of allylic oxidation sites excluding steroid dienone is 1. The van der Waals surface area contributed by atoms with Crippen molar-refractivity contribution in [3.05, 3.63) is 90.9 Å². The topological polar surface area (TPSA) is 114 Å². The number of aliphatic imine (C=N–C) groups is 1. The van der Waals surface area contributed by atoms with E-state index in [0.717, 1.165) is 40.1 Å². The third-order valence-corrected chi connectivity index (χ3v) is 7.78. The van der Waals surface area contributed by atoms with E-state index in [4.69, 9.17) is 10.7 Å². The van der Waals surface area contributed by atoms with Crippen molar-refractivity contribution in [3.63, 3.8) is 0 Å². The number of amidine groups is 1. The van der Waals surface area contributed by atoms with Crippen molar-refractivity contribution in [1.29, 1.82) is 0 Å². The Morgan fingerprint density at radius 2 is 1.84 bits per heavy atom. The van der Waals surface area contributed by atoms with Gasteiger partial charge in [0.1, 0.15) is 11.6 Å². The molecule has 0 saturated heterocycles. The van der Waals surface area contributed by atoms with E-state index in [2.05, 4.69) is 54.3 Å². The zero-order valence-electron chi connectivity index (χ0n) is 26.3. The van der Waals surface area contributed by atoms with Crippen LogP contribution in [0.25, 0.3) is 28.0 Å². The molecule has 9 nitrogen and oxygen atoms in total. The second kappa shape index (κ2) is 13.6. The summed E-state index contributed by atoms with van der Waals surface area (Å²) in [6.45, 7) is 17.6. The number of benzene rings is 1. The lowest BCUT2D eigenvalue weighted by Crippen LogP contribution is -2.44. The molecular formula is C34H41FN8O. The summed E-state index contributed by atoms with van der Waals surface area (Å²) in [5.74, 6) is 0.285. The van der Waals surface area contributed by atoms with E-state index < -0.39 is 0 Å². The van der Waals surface area contributed by atoms with Crippen molar-refractivity contribution < 1.29 is 9.18 Å². The smallest absolute Gasteiger partial charge is 0.289 e. The molecule has 1 aromatic carbocycles. The Hall–Kier alpha value is -4.86. The number of nitrogens with zero attached hydrogens (tertiary/aromatic N) is 6. The third kappa shape index (κ3) is 6.69. The molecule has 1 unspecified atom stereocenters. The van der Waals surface area contributed by atoms with Gasteiger partial charge in [-0.05, 0) is 62.9 Å². The molecule has 4 rings (SSSR count). The van der Waals surface area contributed by atoms with Gasteiger partial charge in [0.2, 0.25) is 0 Å². The maximum atomic E-state index is 13.4. The van der Waals surface area contributed by atoms with E-state index in [-0.39, 0.29) is 35.4 Å². The molecule has 3 N–H and O–H groups in total. The molecule has 0 radical (unpaired) electrons. The first kappa shape index (κ1) is 32.1. The van der Waals surface area contributed by atoms with Crippen molar-refractivity contribution >= 4 is 23.2 Å². The number of likely N-dealkylation sites (N-methyl/N-ethyl adjacent to an activating group) is 1. The van der Waals surface area contributed by atoms with Crippen molar-refractivity contribution in [2.45, 2.75) is 65.3 Å². The first-order valence-electron chi connectivity index (χ1n) is 14.7. The summed E-state index contributed by atoms with van der Waals surface area (Å²) < 4.78 is 15.1. The van der Waals surface area contributed by atoms with E-state index in [0.29, 0.717) is 23.6 Å². The molecule has 10 heteroatoms. The Bertz CT molecular complexity index is 1690. The highest BCUT2D eigenvalue weighted by atomic mass is 19.1. The average molecular weight is 597 g/mol. The van der Waals surface area contributed by atoms with Crippen LogP contribution in [0.1, 0.15) is 70.6 Å². The molecule has 0 spiro atoms.